The molecule has 0 aliphatic carbocycles. The first-order chi connectivity index (χ1) is 9.33. The molecule has 0 aliphatic heterocycles. The molecule has 2 aromatic heterocycles. The number of rotatable bonds is 2. The Morgan fingerprint density at radius 3 is 2.16 bits per heavy atom. The van der Waals surface area contributed by atoms with Gasteiger partial charge in [0.15, 0.2) is 0 Å². The molecule has 3 aromatic rings. The van der Waals surface area contributed by atoms with Crippen molar-refractivity contribution in [2.24, 2.45) is 0 Å². The van der Waals surface area contributed by atoms with Crippen molar-refractivity contribution in [1.82, 2.24) is 9.97 Å². The van der Waals surface area contributed by atoms with Gasteiger partial charge in [-0.1, -0.05) is 35.8 Å². The Bertz CT molecular complexity index is 696. The fourth-order valence-corrected chi connectivity index (χ4v) is 2.12. The summed E-state index contributed by atoms with van der Waals surface area (Å²) in [6.07, 6.45) is 7.44. The second kappa shape index (κ2) is 5.06. The first-order valence-corrected chi connectivity index (χ1v) is 6.25. The molecular weight excluding hydrogens is 231 g/mol. The molecule has 3 heteroatoms. The minimum Gasteiger partial charge on any atom is -0.265 e. The first kappa shape index (κ1) is 11.7. The van der Waals surface area contributed by atoms with Gasteiger partial charge in [-0.3, -0.25) is 9.97 Å². The van der Waals surface area contributed by atoms with Crippen molar-refractivity contribution in [1.29, 1.82) is 0 Å². The maximum absolute atomic E-state index is 4.25. The molecule has 0 N–H and O–H groups in total. The van der Waals surface area contributed by atoms with Crippen molar-refractivity contribution < 1.29 is 0 Å². The lowest BCUT2D eigenvalue weighted by atomic mass is 9.94. The van der Waals surface area contributed by atoms with Gasteiger partial charge in [-0.25, -0.2) is 0 Å². The Labute approximate surface area is 113 Å². The number of hydrogen-bond donors (Lipinski definition) is 0. The van der Waals surface area contributed by atoms with E-state index in [4.69, 9.17) is 0 Å². The van der Waals surface area contributed by atoms with Gasteiger partial charge in [0.05, 0.1) is 0 Å². The summed E-state index contributed by atoms with van der Waals surface area (Å²) in [5, 5.41) is 0. The van der Waals surface area contributed by atoms with Crippen LogP contribution < -0.4 is 5.46 Å². The van der Waals surface area contributed by atoms with E-state index in [2.05, 4.69) is 54.2 Å². The molecule has 0 radical (unpaired) electrons. The summed E-state index contributed by atoms with van der Waals surface area (Å²) in [7, 11) is 2.06. The molecule has 0 fully saturated rings. The Morgan fingerprint density at radius 1 is 0.684 bits per heavy atom. The van der Waals surface area contributed by atoms with Crippen LogP contribution >= 0.6 is 0 Å². The van der Waals surface area contributed by atoms with Crippen LogP contribution in [0, 0.1) is 0 Å². The number of nitrogens with zero attached hydrogens (tertiary/aromatic N) is 2. The van der Waals surface area contributed by atoms with Crippen molar-refractivity contribution in [3.8, 4) is 22.3 Å². The third-order valence-corrected chi connectivity index (χ3v) is 3.07. The van der Waals surface area contributed by atoms with E-state index in [1.165, 1.54) is 16.6 Å². The van der Waals surface area contributed by atoms with Crippen LogP contribution in [0.3, 0.4) is 0 Å². The van der Waals surface area contributed by atoms with Crippen molar-refractivity contribution >= 4 is 13.3 Å². The zero-order valence-electron chi connectivity index (χ0n) is 10.7. The largest absolute Gasteiger partial charge is 0.265 e. The number of hydrogen-bond acceptors (Lipinski definition) is 2. The second-order valence-corrected chi connectivity index (χ2v) is 4.57. The zero-order chi connectivity index (χ0) is 13.1. The minimum atomic E-state index is 1.13. The van der Waals surface area contributed by atoms with Crippen LogP contribution in [0.2, 0.25) is 0 Å². The minimum absolute atomic E-state index is 1.13. The van der Waals surface area contributed by atoms with Gasteiger partial charge in [-0.05, 0) is 28.8 Å². The molecule has 90 valence electrons. The fourth-order valence-electron chi connectivity index (χ4n) is 2.12. The highest BCUT2D eigenvalue weighted by Crippen LogP contribution is 2.24. The van der Waals surface area contributed by atoms with Crippen LogP contribution in [0.1, 0.15) is 0 Å². The van der Waals surface area contributed by atoms with Crippen LogP contribution in [-0.2, 0) is 0 Å². The van der Waals surface area contributed by atoms with E-state index in [-0.39, 0.29) is 0 Å². The summed E-state index contributed by atoms with van der Waals surface area (Å²) in [4.78, 5) is 8.42. The standard InChI is InChI=1S/C16H13BN2/c17-16-8-15(10-19-11-16)13-4-1-3-12(7-13)14-5-2-6-18-9-14/h1-11H,17H2. The predicted molar refractivity (Wildman–Crippen MR) is 81.1 cm³/mol. The highest BCUT2D eigenvalue weighted by molar-refractivity contribution is 6.32. The van der Waals surface area contributed by atoms with Crippen LogP contribution in [0.15, 0.2) is 67.3 Å². The van der Waals surface area contributed by atoms with Gasteiger partial charge in [0.1, 0.15) is 7.85 Å². The molecule has 0 spiro atoms. The molecular formula is C16H13BN2. The van der Waals surface area contributed by atoms with Gasteiger partial charge >= 0.3 is 0 Å². The Kier molecular flexibility index (Phi) is 3.11. The number of pyridine rings is 2. The summed E-state index contributed by atoms with van der Waals surface area (Å²) < 4.78 is 0. The van der Waals surface area contributed by atoms with E-state index in [0.29, 0.717) is 0 Å². The Morgan fingerprint density at radius 2 is 1.42 bits per heavy atom. The third-order valence-electron chi connectivity index (χ3n) is 3.07. The molecule has 0 aliphatic rings. The van der Waals surface area contributed by atoms with Crippen LogP contribution in [0.25, 0.3) is 22.3 Å². The maximum Gasteiger partial charge on any atom is 0.141 e. The van der Waals surface area contributed by atoms with Gasteiger partial charge < -0.3 is 0 Å². The topological polar surface area (TPSA) is 25.8 Å². The number of aromatic nitrogens is 2. The Balaban J connectivity index is 2.06. The molecule has 2 nitrogen and oxygen atoms in total. The third kappa shape index (κ3) is 2.55. The maximum atomic E-state index is 4.25. The smallest absolute Gasteiger partial charge is 0.141 e. The number of benzene rings is 1. The van der Waals surface area contributed by atoms with Gasteiger partial charge in [0.2, 0.25) is 0 Å². The lowest BCUT2D eigenvalue weighted by molar-refractivity contribution is 1.33. The summed E-state index contributed by atoms with van der Waals surface area (Å²) in [6.45, 7) is 0. The van der Waals surface area contributed by atoms with Gasteiger partial charge in [0, 0.05) is 30.4 Å². The van der Waals surface area contributed by atoms with Crippen molar-refractivity contribution in [2.45, 2.75) is 0 Å². The van der Waals surface area contributed by atoms with Crippen LogP contribution in [0.5, 0.6) is 0 Å². The van der Waals surface area contributed by atoms with Crippen molar-refractivity contribution in [3.63, 3.8) is 0 Å². The predicted octanol–water partition coefficient (Wildman–Crippen LogP) is 2.07. The lowest BCUT2D eigenvalue weighted by Gasteiger charge is -2.06. The van der Waals surface area contributed by atoms with Gasteiger partial charge in [0.25, 0.3) is 0 Å². The highest BCUT2D eigenvalue weighted by Gasteiger charge is 2.02. The van der Waals surface area contributed by atoms with E-state index >= 15 is 0 Å². The van der Waals surface area contributed by atoms with E-state index in [1.54, 1.807) is 6.20 Å². The molecule has 19 heavy (non-hydrogen) atoms. The molecule has 0 unspecified atom stereocenters. The molecule has 1 aromatic carbocycles. The summed E-state index contributed by atoms with van der Waals surface area (Å²) >= 11 is 0. The highest BCUT2D eigenvalue weighted by atomic mass is 14.6. The first-order valence-electron chi connectivity index (χ1n) is 6.25. The Hall–Kier alpha value is -2.42. The fraction of sp³-hybridized carbons (Fsp3) is 0. The zero-order valence-corrected chi connectivity index (χ0v) is 10.7. The lowest BCUT2D eigenvalue weighted by Crippen LogP contribution is -2.02. The monoisotopic (exact) mass is 244 g/mol. The SMILES string of the molecule is Bc1cncc(-c2cccc(-c3cccnc3)c2)c1. The molecule has 2 heterocycles. The molecule has 0 saturated heterocycles. The molecule has 0 saturated carbocycles. The van der Waals surface area contributed by atoms with Crippen molar-refractivity contribution in [2.75, 3.05) is 0 Å². The molecule has 0 bridgehead atoms. The van der Waals surface area contributed by atoms with E-state index in [0.717, 1.165) is 11.1 Å². The van der Waals surface area contributed by atoms with Gasteiger partial charge in [-0.2, -0.15) is 0 Å². The molecule has 0 atom stereocenters. The quantitative estimate of drug-likeness (QED) is 0.645. The normalized spacial score (nSPS) is 10.3. The van der Waals surface area contributed by atoms with E-state index < -0.39 is 0 Å². The summed E-state index contributed by atoms with van der Waals surface area (Å²) in [6, 6.07) is 14.6. The summed E-state index contributed by atoms with van der Waals surface area (Å²) in [5.74, 6) is 0. The van der Waals surface area contributed by atoms with Crippen molar-refractivity contribution in [3.05, 3.63) is 67.3 Å². The molecule has 3 rings (SSSR count). The van der Waals surface area contributed by atoms with E-state index in [9.17, 15) is 0 Å². The van der Waals surface area contributed by atoms with Crippen LogP contribution in [0.4, 0.5) is 0 Å². The average molecular weight is 244 g/mol. The molecule has 0 amide bonds. The second-order valence-electron chi connectivity index (χ2n) is 4.57. The van der Waals surface area contributed by atoms with Gasteiger partial charge in [-0.15, -0.1) is 0 Å². The van der Waals surface area contributed by atoms with Crippen LogP contribution in [-0.4, -0.2) is 17.8 Å². The summed E-state index contributed by atoms with van der Waals surface area (Å²) in [5.41, 5.74) is 5.80. The van der Waals surface area contributed by atoms with E-state index in [1.807, 2.05) is 24.7 Å². The average Bonchev–Trinajstić information content (AvgIpc) is 2.48.